The van der Waals surface area contributed by atoms with Crippen LogP contribution in [0.25, 0.3) is 0 Å². The van der Waals surface area contributed by atoms with Gasteiger partial charge in [0.25, 0.3) is 5.91 Å². The molecule has 1 aliphatic rings. The topological polar surface area (TPSA) is 86.3 Å². The number of carbonyl (C=O) groups is 2. The van der Waals surface area contributed by atoms with E-state index in [2.05, 4.69) is 16.9 Å². The summed E-state index contributed by atoms with van der Waals surface area (Å²) in [6.45, 7) is 3.55. The number of aromatic carboxylic acids is 1. The summed E-state index contributed by atoms with van der Waals surface area (Å²) < 4.78 is 0. The van der Waals surface area contributed by atoms with Gasteiger partial charge in [-0.05, 0) is 25.2 Å². The molecule has 1 aromatic rings. The van der Waals surface area contributed by atoms with Crippen LogP contribution in [0.2, 0.25) is 0 Å². The van der Waals surface area contributed by atoms with Gasteiger partial charge in [0.1, 0.15) is 0 Å². The van der Waals surface area contributed by atoms with Crippen molar-refractivity contribution in [1.29, 1.82) is 0 Å². The summed E-state index contributed by atoms with van der Waals surface area (Å²) in [4.78, 5) is 31.5. The van der Waals surface area contributed by atoms with Gasteiger partial charge in [-0.2, -0.15) is 0 Å². The number of nitrogens with zero attached hydrogens (tertiary/aromatic N) is 2. The third-order valence-corrected chi connectivity index (χ3v) is 3.89. The molecule has 6 heteroatoms. The molecule has 0 spiro atoms. The second-order valence-corrected chi connectivity index (χ2v) is 5.31. The Hall–Kier alpha value is -1.85. The van der Waals surface area contributed by atoms with Crippen LogP contribution in [0.15, 0.2) is 6.33 Å². The van der Waals surface area contributed by atoms with E-state index in [-0.39, 0.29) is 17.3 Å². The molecule has 1 unspecified atom stereocenters. The van der Waals surface area contributed by atoms with Crippen molar-refractivity contribution in [2.75, 3.05) is 13.1 Å². The first-order chi connectivity index (χ1) is 9.63. The number of carbonyl (C=O) groups excluding carboxylic acids is 1. The van der Waals surface area contributed by atoms with Crippen LogP contribution in [-0.4, -0.2) is 44.9 Å². The Morgan fingerprint density at radius 3 is 2.95 bits per heavy atom. The number of carboxylic acid groups (broad SMARTS) is 1. The molecule has 2 N–H and O–H groups in total. The fraction of sp³-hybridized carbons (Fsp3) is 0.643. The maximum atomic E-state index is 12.4. The lowest BCUT2D eigenvalue weighted by Crippen LogP contribution is -2.33. The fourth-order valence-corrected chi connectivity index (χ4v) is 2.83. The molecule has 110 valence electrons. The standard InChI is InChI=1S/C14H21N3O3/c1-2-4-10-5-3-7-17(8-6-10)13(18)11-12(14(19)20)16-9-15-11/h9-10H,2-8H2,1H3,(H,15,16)(H,19,20). The smallest absolute Gasteiger partial charge is 0.354 e. The van der Waals surface area contributed by atoms with Gasteiger partial charge in [-0.1, -0.05) is 19.8 Å². The lowest BCUT2D eigenvalue weighted by molar-refractivity contribution is 0.0669. The highest BCUT2D eigenvalue weighted by Crippen LogP contribution is 2.23. The van der Waals surface area contributed by atoms with Crippen LogP contribution in [0.5, 0.6) is 0 Å². The zero-order valence-electron chi connectivity index (χ0n) is 11.8. The van der Waals surface area contributed by atoms with Crippen LogP contribution in [0.1, 0.15) is 60.0 Å². The Morgan fingerprint density at radius 1 is 1.45 bits per heavy atom. The number of likely N-dealkylation sites (tertiary alicyclic amines) is 1. The molecule has 0 aromatic carbocycles. The van der Waals surface area contributed by atoms with E-state index in [4.69, 9.17) is 5.11 Å². The molecule has 1 aromatic heterocycles. The van der Waals surface area contributed by atoms with E-state index in [0.29, 0.717) is 19.0 Å². The van der Waals surface area contributed by atoms with E-state index in [0.717, 1.165) is 19.3 Å². The number of H-pyrrole nitrogens is 1. The van der Waals surface area contributed by atoms with Crippen LogP contribution in [0, 0.1) is 5.92 Å². The Morgan fingerprint density at radius 2 is 2.25 bits per heavy atom. The highest BCUT2D eigenvalue weighted by Gasteiger charge is 2.26. The monoisotopic (exact) mass is 279 g/mol. The SMILES string of the molecule is CCCC1CCCN(C(=O)c2nc[nH]c2C(=O)O)CC1. The third-order valence-electron chi connectivity index (χ3n) is 3.89. The van der Waals surface area contributed by atoms with Crippen molar-refractivity contribution in [2.45, 2.75) is 39.0 Å². The molecular weight excluding hydrogens is 258 g/mol. The number of rotatable bonds is 4. The van der Waals surface area contributed by atoms with Gasteiger partial charge in [-0.15, -0.1) is 0 Å². The minimum absolute atomic E-state index is 0.0199. The third kappa shape index (κ3) is 3.18. The minimum atomic E-state index is -1.15. The summed E-state index contributed by atoms with van der Waals surface area (Å²) in [6, 6.07) is 0. The summed E-state index contributed by atoms with van der Waals surface area (Å²) in [7, 11) is 0. The number of aromatic nitrogens is 2. The van der Waals surface area contributed by atoms with E-state index in [1.807, 2.05) is 0 Å². The number of amides is 1. The van der Waals surface area contributed by atoms with Crippen molar-refractivity contribution in [3.63, 3.8) is 0 Å². The molecule has 1 fully saturated rings. The lowest BCUT2D eigenvalue weighted by Gasteiger charge is -2.19. The quantitative estimate of drug-likeness (QED) is 0.884. The Balaban J connectivity index is 2.05. The zero-order chi connectivity index (χ0) is 14.5. The molecule has 1 amide bonds. The maximum absolute atomic E-state index is 12.4. The largest absolute Gasteiger partial charge is 0.477 e. The maximum Gasteiger partial charge on any atom is 0.354 e. The summed E-state index contributed by atoms with van der Waals surface area (Å²) in [5.41, 5.74) is -0.101. The predicted molar refractivity (Wildman–Crippen MR) is 73.7 cm³/mol. The molecule has 1 atom stereocenters. The van der Waals surface area contributed by atoms with Gasteiger partial charge in [-0.25, -0.2) is 9.78 Å². The normalized spacial score (nSPS) is 19.6. The van der Waals surface area contributed by atoms with Gasteiger partial charge >= 0.3 is 5.97 Å². The molecule has 1 saturated heterocycles. The molecule has 2 rings (SSSR count). The lowest BCUT2D eigenvalue weighted by atomic mass is 9.96. The van der Waals surface area contributed by atoms with Gasteiger partial charge < -0.3 is 15.0 Å². The molecule has 0 radical (unpaired) electrons. The average molecular weight is 279 g/mol. The van der Waals surface area contributed by atoms with E-state index in [9.17, 15) is 9.59 Å². The zero-order valence-corrected chi connectivity index (χ0v) is 11.8. The van der Waals surface area contributed by atoms with Crippen molar-refractivity contribution < 1.29 is 14.7 Å². The van der Waals surface area contributed by atoms with E-state index in [1.165, 1.54) is 19.2 Å². The number of hydrogen-bond acceptors (Lipinski definition) is 3. The van der Waals surface area contributed by atoms with E-state index < -0.39 is 5.97 Å². The van der Waals surface area contributed by atoms with Crippen molar-refractivity contribution >= 4 is 11.9 Å². The number of nitrogens with one attached hydrogen (secondary N) is 1. The first-order valence-corrected chi connectivity index (χ1v) is 7.19. The van der Waals surface area contributed by atoms with Gasteiger partial charge in [0.05, 0.1) is 6.33 Å². The van der Waals surface area contributed by atoms with Crippen LogP contribution in [-0.2, 0) is 0 Å². The molecule has 0 aliphatic carbocycles. The van der Waals surface area contributed by atoms with Crippen LogP contribution in [0.3, 0.4) is 0 Å². The van der Waals surface area contributed by atoms with E-state index >= 15 is 0 Å². The second-order valence-electron chi connectivity index (χ2n) is 5.31. The van der Waals surface area contributed by atoms with Gasteiger partial charge in [0.2, 0.25) is 0 Å². The number of hydrogen-bond donors (Lipinski definition) is 2. The number of imidazole rings is 1. The Bertz CT molecular complexity index is 484. The van der Waals surface area contributed by atoms with Crippen molar-refractivity contribution in [3.05, 3.63) is 17.7 Å². The van der Waals surface area contributed by atoms with Crippen molar-refractivity contribution in [1.82, 2.24) is 14.9 Å². The van der Waals surface area contributed by atoms with Crippen molar-refractivity contribution in [2.24, 2.45) is 5.92 Å². The van der Waals surface area contributed by atoms with Gasteiger partial charge in [0, 0.05) is 13.1 Å². The Kier molecular flexibility index (Phi) is 4.76. The Labute approximate surface area is 118 Å². The van der Waals surface area contributed by atoms with Crippen LogP contribution < -0.4 is 0 Å². The van der Waals surface area contributed by atoms with Crippen LogP contribution in [0.4, 0.5) is 0 Å². The van der Waals surface area contributed by atoms with Gasteiger partial charge in [0.15, 0.2) is 11.4 Å². The molecule has 20 heavy (non-hydrogen) atoms. The summed E-state index contributed by atoms with van der Waals surface area (Å²) in [6.07, 6.45) is 6.74. The fourth-order valence-electron chi connectivity index (χ4n) is 2.83. The molecule has 6 nitrogen and oxygen atoms in total. The first kappa shape index (κ1) is 14.6. The number of aromatic amines is 1. The van der Waals surface area contributed by atoms with Crippen LogP contribution >= 0.6 is 0 Å². The average Bonchev–Trinajstić information content (AvgIpc) is 2.80. The summed E-state index contributed by atoms with van der Waals surface area (Å²) in [5.74, 6) is -0.749. The molecule has 0 bridgehead atoms. The highest BCUT2D eigenvalue weighted by atomic mass is 16.4. The van der Waals surface area contributed by atoms with E-state index in [1.54, 1.807) is 4.90 Å². The van der Waals surface area contributed by atoms with Gasteiger partial charge in [-0.3, -0.25) is 4.79 Å². The first-order valence-electron chi connectivity index (χ1n) is 7.19. The number of carboxylic acids is 1. The molecule has 2 heterocycles. The second kappa shape index (κ2) is 6.54. The van der Waals surface area contributed by atoms with Crippen molar-refractivity contribution in [3.8, 4) is 0 Å². The predicted octanol–water partition coefficient (Wildman–Crippen LogP) is 2.15. The minimum Gasteiger partial charge on any atom is -0.477 e. The summed E-state index contributed by atoms with van der Waals surface area (Å²) >= 11 is 0. The summed E-state index contributed by atoms with van der Waals surface area (Å²) in [5, 5.41) is 9.03. The molecular formula is C14H21N3O3. The molecule has 0 saturated carbocycles. The highest BCUT2D eigenvalue weighted by molar-refractivity contribution is 6.02. The molecule has 1 aliphatic heterocycles.